The molecule has 0 bridgehead atoms. The molecule has 2 aromatic heterocycles. The van der Waals surface area contributed by atoms with Crippen LogP contribution in [0.15, 0.2) is 54.6 Å². The second-order valence-electron chi connectivity index (χ2n) is 5.17. The molecule has 4 rings (SSSR count). The normalized spacial score (nSPS) is 11.5. The lowest BCUT2D eigenvalue weighted by Crippen LogP contribution is -2.11. The molecule has 0 aliphatic heterocycles. The second kappa shape index (κ2) is 5.80. The summed E-state index contributed by atoms with van der Waals surface area (Å²) >= 11 is 0. The zero-order valence-corrected chi connectivity index (χ0v) is 12.4. The van der Waals surface area contributed by atoms with Crippen molar-refractivity contribution in [1.82, 2.24) is 29.8 Å². The minimum Gasteiger partial charge on any atom is -0.269 e. The zero-order chi connectivity index (χ0) is 16.5. The van der Waals surface area contributed by atoms with E-state index in [0.717, 1.165) is 10.1 Å². The average Bonchev–Trinajstić information content (AvgIpc) is 3.20. The van der Waals surface area contributed by atoms with Gasteiger partial charge in [-0.3, -0.25) is 4.57 Å². The quantitative estimate of drug-likeness (QED) is 0.578. The highest BCUT2D eigenvalue weighted by atomic mass is 19.3. The van der Waals surface area contributed by atoms with Gasteiger partial charge in [-0.2, -0.15) is 13.6 Å². The first-order chi connectivity index (χ1) is 11.7. The molecule has 0 atom stereocenters. The number of para-hydroxylation sites is 2. The number of tetrazole rings is 1. The Labute approximate surface area is 135 Å². The Morgan fingerprint density at radius 2 is 1.71 bits per heavy atom. The van der Waals surface area contributed by atoms with Crippen LogP contribution in [-0.4, -0.2) is 29.8 Å². The van der Waals surface area contributed by atoms with Gasteiger partial charge in [-0.15, -0.1) is 10.2 Å². The van der Waals surface area contributed by atoms with Crippen LogP contribution < -0.4 is 0 Å². The van der Waals surface area contributed by atoms with Crippen LogP contribution in [0.25, 0.3) is 22.4 Å². The second-order valence-corrected chi connectivity index (χ2v) is 5.17. The Balaban J connectivity index is 1.70. The highest BCUT2D eigenvalue weighted by Gasteiger charge is 2.18. The fourth-order valence-corrected chi connectivity index (χ4v) is 2.56. The minimum atomic E-state index is -2.69. The van der Waals surface area contributed by atoms with Crippen LogP contribution in [0.1, 0.15) is 12.4 Å². The van der Waals surface area contributed by atoms with E-state index in [0.29, 0.717) is 16.9 Å². The van der Waals surface area contributed by atoms with E-state index in [1.807, 2.05) is 30.3 Å². The topological polar surface area (TPSA) is 61.4 Å². The van der Waals surface area contributed by atoms with Crippen molar-refractivity contribution < 1.29 is 8.78 Å². The van der Waals surface area contributed by atoms with Crippen LogP contribution in [0.2, 0.25) is 0 Å². The third-order valence-corrected chi connectivity index (χ3v) is 3.63. The van der Waals surface area contributed by atoms with Crippen molar-refractivity contribution in [3.8, 4) is 11.4 Å². The first kappa shape index (κ1) is 14.4. The van der Waals surface area contributed by atoms with Crippen molar-refractivity contribution in [1.29, 1.82) is 0 Å². The Hall–Kier alpha value is -3.16. The van der Waals surface area contributed by atoms with Crippen LogP contribution >= 0.6 is 0 Å². The molecule has 2 aromatic carbocycles. The maximum Gasteiger partial charge on any atom is 0.320 e. The summed E-state index contributed by atoms with van der Waals surface area (Å²) in [7, 11) is 0. The largest absolute Gasteiger partial charge is 0.320 e. The van der Waals surface area contributed by atoms with E-state index < -0.39 is 6.55 Å². The van der Waals surface area contributed by atoms with E-state index in [1.54, 1.807) is 24.3 Å². The maximum atomic E-state index is 13.4. The molecular weight excluding hydrogens is 314 g/mol. The minimum absolute atomic E-state index is 0.0128. The van der Waals surface area contributed by atoms with Crippen molar-refractivity contribution >= 4 is 11.0 Å². The van der Waals surface area contributed by atoms with Gasteiger partial charge >= 0.3 is 6.55 Å². The predicted octanol–water partition coefficient (Wildman–Crippen LogP) is 3.13. The van der Waals surface area contributed by atoms with Gasteiger partial charge in [0, 0.05) is 5.56 Å². The Morgan fingerprint density at radius 3 is 2.50 bits per heavy atom. The summed E-state index contributed by atoms with van der Waals surface area (Å²) in [5, 5.41) is 12.1. The SMILES string of the molecule is FC(F)n1c(Cn2nnc(-c3ccccc3)n2)nc2ccccc21. The number of nitrogens with zero attached hydrogens (tertiary/aromatic N) is 6. The van der Waals surface area contributed by atoms with Gasteiger partial charge in [-0.1, -0.05) is 42.5 Å². The number of imidazole rings is 1. The molecule has 0 unspecified atom stereocenters. The highest BCUT2D eigenvalue weighted by molar-refractivity contribution is 5.76. The number of fused-ring (bicyclic) bond motifs is 1. The molecule has 0 N–H and O–H groups in total. The molecule has 4 aromatic rings. The standard InChI is InChI=1S/C16H12F2N6/c17-16(18)24-13-9-5-4-8-12(13)19-14(24)10-23-21-15(20-22-23)11-6-2-1-3-7-11/h1-9,16H,10H2. The molecular formula is C16H12F2N6. The Bertz CT molecular complexity index is 977. The zero-order valence-electron chi connectivity index (χ0n) is 12.4. The number of aromatic nitrogens is 6. The van der Waals surface area contributed by atoms with Gasteiger partial charge in [0.25, 0.3) is 0 Å². The number of rotatable bonds is 4. The first-order valence-corrected chi connectivity index (χ1v) is 7.29. The van der Waals surface area contributed by atoms with E-state index >= 15 is 0 Å². The first-order valence-electron chi connectivity index (χ1n) is 7.29. The molecule has 0 radical (unpaired) electrons. The predicted molar refractivity (Wildman–Crippen MR) is 83.3 cm³/mol. The van der Waals surface area contributed by atoms with Crippen molar-refractivity contribution in [3.05, 3.63) is 60.4 Å². The molecule has 0 fully saturated rings. The summed E-state index contributed by atoms with van der Waals surface area (Å²) in [5.74, 6) is 0.624. The lowest BCUT2D eigenvalue weighted by Gasteiger charge is -2.06. The van der Waals surface area contributed by atoms with Gasteiger partial charge in [0.1, 0.15) is 12.4 Å². The number of hydrogen-bond acceptors (Lipinski definition) is 4. The third-order valence-electron chi connectivity index (χ3n) is 3.63. The molecule has 0 spiro atoms. The Kier molecular flexibility index (Phi) is 3.49. The molecule has 120 valence electrons. The molecule has 24 heavy (non-hydrogen) atoms. The summed E-state index contributed by atoms with van der Waals surface area (Å²) in [6.07, 6.45) is 0. The molecule has 0 aliphatic rings. The molecule has 6 nitrogen and oxygen atoms in total. The van der Waals surface area contributed by atoms with Crippen LogP contribution in [0.3, 0.4) is 0 Å². The van der Waals surface area contributed by atoms with Crippen molar-refractivity contribution in [2.45, 2.75) is 13.1 Å². The fraction of sp³-hybridized carbons (Fsp3) is 0.125. The summed E-state index contributed by atoms with van der Waals surface area (Å²) in [6.45, 7) is -2.68. The monoisotopic (exact) mass is 326 g/mol. The molecule has 8 heteroatoms. The van der Waals surface area contributed by atoms with E-state index in [2.05, 4.69) is 20.4 Å². The average molecular weight is 326 g/mol. The summed E-state index contributed by atoms with van der Waals surface area (Å²) in [4.78, 5) is 5.53. The number of halogens is 2. The molecule has 0 aliphatic carbocycles. The van der Waals surface area contributed by atoms with Gasteiger partial charge in [0.2, 0.25) is 5.82 Å². The van der Waals surface area contributed by atoms with E-state index in [9.17, 15) is 8.78 Å². The maximum absolute atomic E-state index is 13.4. The number of benzene rings is 2. The van der Waals surface area contributed by atoms with Gasteiger partial charge in [-0.05, 0) is 17.3 Å². The van der Waals surface area contributed by atoms with Crippen LogP contribution in [0.4, 0.5) is 8.78 Å². The van der Waals surface area contributed by atoms with Gasteiger partial charge < -0.3 is 0 Å². The number of hydrogen-bond donors (Lipinski definition) is 0. The highest BCUT2D eigenvalue weighted by Crippen LogP contribution is 2.23. The van der Waals surface area contributed by atoms with Gasteiger partial charge in [-0.25, -0.2) is 4.98 Å². The summed E-state index contributed by atoms with van der Waals surface area (Å²) in [5.41, 5.74) is 1.70. The van der Waals surface area contributed by atoms with Gasteiger partial charge in [0.05, 0.1) is 11.0 Å². The lowest BCUT2D eigenvalue weighted by molar-refractivity contribution is 0.0708. The van der Waals surface area contributed by atoms with Crippen LogP contribution in [0.5, 0.6) is 0 Å². The molecule has 0 amide bonds. The molecule has 0 saturated carbocycles. The smallest absolute Gasteiger partial charge is 0.269 e. The van der Waals surface area contributed by atoms with Crippen LogP contribution in [0, 0.1) is 0 Å². The molecule has 2 heterocycles. The van der Waals surface area contributed by atoms with E-state index in [-0.39, 0.29) is 12.4 Å². The van der Waals surface area contributed by atoms with E-state index in [4.69, 9.17) is 0 Å². The van der Waals surface area contributed by atoms with Crippen molar-refractivity contribution in [2.75, 3.05) is 0 Å². The van der Waals surface area contributed by atoms with Crippen LogP contribution in [-0.2, 0) is 6.54 Å². The lowest BCUT2D eigenvalue weighted by atomic mass is 10.2. The summed E-state index contributed by atoms with van der Waals surface area (Å²) in [6, 6.07) is 16.1. The van der Waals surface area contributed by atoms with Crippen molar-refractivity contribution in [2.24, 2.45) is 0 Å². The van der Waals surface area contributed by atoms with Crippen molar-refractivity contribution in [3.63, 3.8) is 0 Å². The van der Waals surface area contributed by atoms with E-state index in [1.165, 1.54) is 4.80 Å². The Morgan fingerprint density at radius 1 is 0.958 bits per heavy atom. The van der Waals surface area contributed by atoms with Gasteiger partial charge in [0.15, 0.2) is 0 Å². The fourth-order valence-electron chi connectivity index (χ4n) is 2.56. The summed E-state index contributed by atoms with van der Waals surface area (Å²) < 4.78 is 27.7. The number of alkyl halides is 2. The molecule has 0 saturated heterocycles. The third kappa shape index (κ3) is 2.51.